The highest BCUT2D eigenvalue weighted by Gasteiger charge is 2.21. The number of rotatable bonds is 6. The fraction of sp³-hybridized carbons (Fsp3) is 0.667. The molecule has 0 unspecified atom stereocenters. The zero-order valence-electron chi connectivity index (χ0n) is 11.1. The molecule has 7 heteroatoms. The van der Waals surface area contributed by atoms with Gasteiger partial charge in [0.1, 0.15) is 10.7 Å². The summed E-state index contributed by atoms with van der Waals surface area (Å²) in [5.74, 6) is 0.154. The van der Waals surface area contributed by atoms with Crippen LogP contribution in [0.5, 0.6) is 0 Å². The van der Waals surface area contributed by atoms with Gasteiger partial charge in [-0.15, -0.1) is 0 Å². The molecule has 106 valence electrons. The minimum Gasteiger partial charge on any atom is -0.382 e. The number of thiazole rings is 1. The van der Waals surface area contributed by atoms with Crippen molar-refractivity contribution in [2.24, 2.45) is 0 Å². The van der Waals surface area contributed by atoms with Crippen molar-refractivity contribution in [1.82, 2.24) is 10.3 Å². The van der Waals surface area contributed by atoms with E-state index in [0.717, 1.165) is 18.2 Å². The van der Waals surface area contributed by atoms with E-state index >= 15 is 0 Å². The molecule has 1 aliphatic rings. The van der Waals surface area contributed by atoms with Crippen molar-refractivity contribution in [2.45, 2.75) is 19.8 Å². The van der Waals surface area contributed by atoms with Crippen molar-refractivity contribution in [2.75, 3.05) is 43.5 Å². The summed E-state index contributed by atoms with van der Waals surface area (Å²) in [5.41, 5.74) is 5.82. The number of hydrogen-bond donors (Lipinski definition) is 2. The summed E-state index contributed by atoms with van der Waals surface area (Å²) >= 11 is 1.37. The minimum atomic E-state index is -0.167. The predicted molar refractivity (Wildman–Crippen MR) is 76.8 cm³/mol. The van der Waals surface area contributed by atoms with E-state index in [2.05, 4.69) is 15.2 Å². The van der Waals surface area contributed by atoms with Gasteiger partial charge in [-0.3, -0.25) is 4.79 Å². The molecular formula is C12H20N4O2S. The number of nitrogens with two attached hydrogens (primary N) is 1. The van der Waals surface area contributed by atoms with Gasteiger partial charge in [0, 0.05) is 26.2 Å². The lowest BCUT2D eigenvalue weighted by molar-refractivity contribution is 0.0927. The molecule has 6 nitrogen and oxygen atoms in total. The third-order valence-corrected chi connectivity index (χ3v) is 4.09. The fourth-order valence-corrected chi connectivity index (χ4v) is 2.94. The van der Waals surface area contributed by atoms with E-state index in [0.29, 0.717) is 30.5 Å². The van der Waals surface area contributed by atoms with Crippen LogP contribution in [0.25, 0.3) is 0 Å². The van der Waals surface area contributed by atoms with Gasteiger partial charge in [0.2, 0.25) is 0 Å². The average Bonchev–Trinajstić information content (AvgIpc) is 3.03. The molecule has 3 N–H and O–H groups in total. The monoisotopic (exact) mass is 284 g/mol. The van der Waals surface area contributed by atoms with Crippen LogP contribution in [0, 0.1) is 0 Å². The highest BCUT2D eigenvalue weighted by molar-refractivity contribution is 7.18. The zero-order valence-corrected chi connectivity index (χ0v) is 12.0. The van der Waals surface area contributed by atoms with Gasteiger partial charge in [-0.05, 0) is 19.8 Å². The smallest absolute Gasteiger partial charge is 0.265 e. The molecule has 2 heterocycles. The van der Waals surface area contributed by atoms with E-state index in [-0.39, 0.29) is 5.91 Å². The Morgan fingerprint density at radius 2 is 2.26 bits per heavy atom. The number of hydrogen-bond acceptors (Lipinski definition) is 6. The highest BCUT2D eigenvalue weighted by Crippen LogP contribution is 2.30. The first-order valence-electron chi connectivity index (χ1n) is 6.59. The number of amides is 1. The van der Waals surface area contributed by atoms with Gasteiger partial charge in [0.15, 0.2) is 5.13 Å². The molecular weight excluding hydrogens is 264 g/mol. The minimum absolute atomic E-state index is 0.167. The molecule has 0 aliphatic carbocycles. The number of carbonyl (C=O) groups is 1. The van der Waals surface area contributed by atoms with E-state index in [1.165, 1.54) is 24.2 Å². The molecule has 0 bridgehead atoms. The van der Waals surface area contributed by atoms with Crippen molar-refractivity contribution in [1.29, 1.82) is 0 Å². The lowest BCUT2D eigenvalue weighted by Crippen LogP contribution is -2.27. The van der Waals surface area contributed by atoms with Gasteiger partial charge in [0.05, 0.1) is 6.61 Å². The largest absolute Gasteiger partial charge is 0.382 e. The van der Waals surface area contributed by atoms with Gasteiger partial charge in [-0.2, -0.15) is 0 Å². The topological polar surface area (TPSA) is 80.5 Å². The first-order chi connectivity index (χ1) is 9.22. The van der Waals surface area contributed by atoms with Crippen molar-refractivity contribution >= 4 is 28.2 Å². The summed E-state index contributed by atoms with van der Waals surface area (Å²) in [4.78, 5) is 18.9. The van der Waals surface area contributed by atoms with Crippen LogP contribution in [0.15, 0.2) is 0 Å². The van der Waals surface area contributed by atoms with Crippen molar-refractivity contribution in [3.8, 4) is 0 Å². The standard InChI is InChI=1S/C12H20N4O2S/c1-2-18-8-5-14-11(17)9-10(13)15-12(19-9)16-6-3-4-7-16/h2-8,13H2,1H3,(H,14,17). The summed E-state index contributed by atoms with van der Waals surface area (Å²) in [5, 5.41) is 3.64. The average molecular weight is 284 g/mol. The fourth-order valence-electron chi connectivity index (χ4n) is 1.99. The van der Waals surface area contributed by atoms with Crippen LogP contribution < -0.4 is 16.0 Å². The maximum atomic E-state index is 12.0. The molecule has 0 aromatic carbocycles. The molecule has 0 radical (unpaired) electrons. The number of aromatic nitrogens is 1. The Morgan fingerprint density at radius 1 is 1.53 bits per heavy atom. The number of ether oxygens (including phenoxy) is 1. The molecule has 19 heavy (non-hydrogen) atoms. The molecule has 1 amide bonds. The van der Waals surface area contributed by atoms with E-state index in [1.807, 2.05) is 6.92 Å². The summed E-state index contributed by atoms with van der Waals surface area (Å²) in [6.45, 7) is 5.57. The van der Waals surface area contributed by atoms with Gasteiger partial charge < -0.3 is 20.7 Å². The lowest BCUT2D eigenvalue weighted by Gasteiger charge is -2.11. The second kappa shape index (κ2) is 6.72. The molecule has 0 atom stereocenters. The number of nitrogens with one attached hydrogen (secondary N) is 1. The Hall–Kier alpha value is -1.34. The normalized spacial score (nSPS) is 14.9. The molecule has 1 saturated heterocycles. The summed E-state index contributed by atoms with van der Waals surface area (Å²) < 4.78 is 5.17. The molecule has 2 rings (SSSR count). The molecule has 1 aromatic heterocycles. The second-order valence-electron chi connectivity index (χ2n) is 4.36. The SMILES string of the molecule is CCOCCNC(=O)c1sc(N2CCCC2)nc1N. The highest BCUT2D eigenvalue weighted by atomic mass is 32.1. The molecule has 1 aromatic rings. The van der Waals surface area contributed by atoms with E-state index in [4.69, 9.17) is 10.5 Å². The van der Waals surface area contributed by atoms with Crippen LogP contribution in [-0.4, -0.2) is 43.7 Å². The van der Waals surface area contributed by atoms with Crippen molar-refractivity contribution in [3.05, 3.63) is 4.88 Å². The van der Waals surface area contributed by atoms with Crippen LogP contribution in [0.1, 0.15) is 29.4 Å². The molecule has 0 spiro atoms. The predicted octanol–water partition coefficient (Wildman–Crippen LogP) is 1.09. The Labute approximate surface area is 116 Å². The van der Waals surface area contributed by atoms with Gasteiger partial charge >= 0.3 is 0 Å². The van der Waals surface area contributed by atoms with Crippen LogP contribution in [0.2, 0.25) is 0 Å². The van der Waals surface area contributed by atoms with Crippen LogP contribution >= 0.6 is 11.3 Å². The van der Waals surface area contributed by atoms with E-state index < -0.39 is 0 Å². The quantitative estimate of drug-likeness (QED) is 0.764. The van der Waals surface area contributed by atoms with E-state index in [1.54, 1.807) is 0 Å². The van der Waals surface area contributed by atoms with Crippen molar-refractivity contribution < 1.29 is 9.53 Å². The third-order valence-electron chi connectivity index (χ3n) is 2.96. The van der Waals surface area contributed by atoms with Gasteiger partial charge in [0.25, 0.3) is 5.91 Å². The maximum absolute atomic E-state index is 12.0. The summed E-state index contributed by atoms with van der Waals surface area (Å²) in [6, 6.07) is 0. The summed E-state index contributed by atoms with van der Waals surface area (Å²) in [7, 11) is 0. The molecule has 1 aliphatic heterocycles. The molecule has 0 saturated carbocycles. The Kier molecular flexibility index (Phi) is 4.98. The number of nitrogen functional groups attached to an aromatic ring is 1. The zero-order chi connectivity index (χ0) is 13.7. The lowest BCUT2D eigenvalue weighted by atomic mass is 10.4. The third kappa shape index (κ3) is 3.57. The van der Waals surface area contributed by atoms with Crippen LogP contribution in [0.4, 0.5) is 10.9 Å². The molecule has 1 fully saturated rings. The number of carbonyl (C=O) groups excluding carboxylic acids is 1. The second-order valence-corrected chi connectivity index (χ2v) is 5.34. The Balaban J connectivity index is 1.93. The van der Waals surface area contributed by atoms with Gasteiger partial charge in [-0.25, -0.2) is 4.98 Å². The van der Waals surface area contributed by atoms with E-state index in [9.17, 15) is 4.79 Å². The first-order valence-corrected chi connectivity index (χ1v) is 7.41. The summed E-state index contributed by atoms with van der Waals surface area (Å²) in [6.07, 6.45) is 2.35. The van der Waals surface area contributed by atoms with Crippen LogP contribution in [0.3, 0.4) is 0 Å². The Bertz CT molecular complexity index is 429. The number of anilines is 2. The Morgan fingerprint density at radius 3 is 2.95 bits per heavy atom. The maximum Gasteiger partial charge on any atom is 0.265 e. The first kappa shape index (κ1) is 14.1. The number of nitrogens with zero attached hydrogens (tertiary/aromatic N) is 2. The van der Waals surface area contributed by atoms with Gasteiger partial charge in [-0.1, -0.05) is 11.3 Å². The van der Waals surface area contributed by atoms with Crippen LogP contribution in [-0.2, 0) is 4.74 Å². The van der Waals surface area contributed by atoms with Crippen molar-refractivity contribution in [3.63, 3.8) is 0 Å².